The van der Waals surface area contributed by atoms with Gasteiger partial charge >= 0.3 is 0 Å². The molecule has 0 bridgehead atoms. The van der Waals surface area contributed by atoms with Gasteiger partial charge in [-0.15, -0.1) is 0 Å². The summed E-state index contributed by atoms with van der Waals surface area (Å²) in [7, 11) is 0. The summed E-state index contributed by atoms with van der Waals surface area (Å²) in [5, 5.41) is 28.9. The molecular formula is C10H13N5O4S. The van der Waals surface area contributed by atoms with E-state index in [4.69, 9.17) is 27.8 Å². The number of hydrogen-bond acceptors (Lipinski definition) is 8. The fourth-order valence-electron chi connectivity index (χ4n) is 2.25. The fourth-order valence-corrected chi connectivity index (χ4v) is 2.45. The number of anilines is 1. The molecule has 3 rings (SSSR count). The molecule has 1 unspecified atom stereocenters. The highest BCUT2D eigenvalue weighted by Gasteiger charge is 2.43. The van der Waals surface area contributed by atoms with Crippen molar-refractivity contribution in [3.05, 3.63) is 11.1 Å². The van der Waals surface area contributed by atoms with Crippen LogP contribution < -0.4 is 5.73 Å². The van der Waals surface area contributed by atoms with E-state index >= 15 is 0 Å². The van der Waals surface area contributed by atoms with Gasteiger partial charge in [-0.3, -0.25) is 4.57 Å². The number of H-pyrrole nitrogens is 1. The first-order valence-corrected chi connectivity index (χ1v) is 6.28. The number of hydrogen-bond donors (Lipinski definition) is 5. The molecule has 0 saturated carbocycles. The SMILES string of the molecule is Nc1[nH]c(=S)nc2c1ncn2[C@@H]1O[C@H](CO)[C@@H](O)C1O. The molecule has 2 aromatic rings. The summed E-state index contributed by atoms with van der Waals surface area (Å²) in [4.78, 5) is 10.8. The van der Waals surface area contributed by atoms with Gasteiger partial charge in [0, 0.05) is 0 Å². The average molecular weight is 299 g/mol. The first-order chi connectivity index (χ1) is 9.52. The van der Waals surface area contributed by atoms with Gasteiger partial charge in [-0.25, -0.2) is 4.98 Å². The molecule has 6 N–H and O–H groups in total. The van der Waals surface area contributed by atoms with E-state index in [0.29, 0.717) is 11.2 Å². The number of rotatable bonds is 2. The highest BCUT2D eigenvalue weighted by atomic mass is 32.1. The van der Waals surface area contributed by atoms with E-state index in [1.165, 1.54) is 10.9 Å². The van der Waals surface area contributed by atoms with Crippen LogP contribution in [-0.2, 0) is 4.74 Å². The minimum Gasteiger partial charge on any atom is -0.394 e. The Morgan fingerprint density at radius 2 is 2.20 bits per heavy atom. The number of aliphatic hydroxyl groups is 3. The molecule has 108 valence electrons. The summed E-state index contributed by atoms with van der Waals surface area (Å²) in [6.07, 6.45) is -2.82. The van der Waals surface area contributed by atoms with E-state index < -0.39 is 31.1 Å². The predicted octanol–water partition coefficient (Wildman–Crippen LogP) is -1.32. The molecule has 1 aliphatic rings. The van der Waals surface area contributed by atoms with Gasteiger partial charge in [-0.05, 0) is 12.2 Å². The van der Waals surface area contributed by atoms with Crippen LogP contribution in [0.2, 0.25) is 0 Å². The molecule has 0 aliphatic carbocycles. The van der Waals surface area contributed by atoms with Crippen LogP contribution in [0.4, 0.5) is 5.82 Å². The number of aliphatic hydroxyl groups excluding tert-OH is 3. The van der Waals surface area contributed by atoms with Crippen LogP contribution in [0, 0.1) is 4.77 Å². The van der Waals surface area contributed by atoms with E-state index in [1.54, 1.807) is 0 Å². The van der Waals surface area contributed by atoms with Crippen molar-refractivity contribution in [3.63, 3.8) is 0 Å². The number of nitrogens with one attached hydrogen (secondary N) is 1. The van der Waals surface area contributed by atoms with Gasteiger partial charge in [0.1, 0.15) is 29.6 Å². The molecule has 1 fully saturated rings. The summed E-state index contributed by atoms with van der Waals surface area (Å²) in [6.45, 7) is -0.406. The van der Waals surface area contributed by atoms with Gasteiger partial charge in [0.2, 0.25) is 0 Å². The minimum atomic E-state index is -1.22. The largest absolute Gasteiger partial charge is 0.394 e. The molecule has 2 aromatic heterocycles. The molecule has 10 heteroatoms. The van der Waals surface area contributed by atoms with Crippen LogP contribution in [0.15, 0.2) is 6.33 Å². The average Bonchev–Trinajstić information content (AvgIpc) is 2.93. The van der Waals surface area contributed by atoms with Gasteiger partial charge in [-0.1, -0.05) is 0 Å². The van der Waals surface area contributed by atoms with Crippen molar-refractivity contribution in [2.24, 2.45) is 0 Å². The second kappa shape index (κ2) is 4.75. The Balaban J connectivity index is 2.09. The third-order valence-corrected chi connectivity index (χ3v) is 3.46. The second-order valence-corrected chi connectivity index (χ2v) is 4.90. The lowest BCUT2D eigenvalue weighted by atomic mass is 10.1. The highest BCUT2D eigenvalue weighted by molar-refractivity contribution is 7.71. The molecule has 4 atom stereocenters. The summed E-state index contributed by atoms with van der Waals surface area (Å²) in [5.41, 5.74) is 6.47. The monoisotopic (exact) mass is 299 g/mol. The van der Waals surface area contributed by atoms with Gasteiger partial charge in [0.05, 0.1) is 12.9 Å². The molecule has 3 heterocycles. The zero-order valence-corrected chi connectivity index (χ0v) is 11.0. The number of fused-ring (bicyclic) bond motifs is 1. The van der Waals surface area contributed by atoms with Crippen LogP contribution in [0.3, 0.4) is 0 Å². The quantitative estimate of drug-likeness (QED) is 0.430. The normalized spacial score (nSPS) is 30.1. The number of nitrogen functional groups attached to an aromatic ring is 1. The first-order valence-electron chi connectivity index (χ1n) is 5.87. The van der Waals surface area contributed by atoms with Crippen molar-refractivity contribution in [1.29, 1.82) is 0 Å². The van der Waals surface area contributed by atoms with E-state index in [0.717, 1.165) is 0 Å². The van der Waals surface area contributed by atoms with Crippen molar-refractivity contribution in [2.45, 2.75) is 24.5 Å². The number of nitrogens with zero attached hydrogens (tertiary/aromatic N) is 3. The predicted molar refractivity (Wildman–Crippen MR) is 70.1 cm³/mol. The molecule has 9 nitrogen and oxygen atoms in total. The first kappa shape index (κ1) is 13.4. The molecule has 0 amide bonds. The standard InChI is InChI=1S/C10H13N5O4S/c11-7-4-8(14-10(20)13-7)15(2-12-4)9-6(18)5(17)3(1-16)19-9/h2-3,5-6,9,16-18H,1H2,(H3,11,13,14,20)/t3-,5-,6?,9-/m1/s1. The van der Waals surface area contributed by atoms with Crippen LogP contribution in [-0.4, -0.2) is 59.8 Å². The van der Waals surface area contributed by atoms with Crippen molar-refractivity contribution < 1.29 is 20.1 Å². The molecule has 20 heavy (non-hydrogen) atoms. The maximum absolute atomic E-state index is 10.0. The van der Waals surface area contributed by atoms with Crippen molar-refractivity contribution in [1.82, 2.24) is 19.5 Å². The molecule has 0 radical (unpaired) electrons. The van der Waals surface area contributed by atoms with Gasteiger partial charge in [0.25, 0.3) is 0 Å². The smallest absolute Gasteiger partial charge is 0.200 e. The molecule has 1 saturated heterocycles. The Hall–Kier alpha value is -1.59. The molecule has 1 aliphatic heterocycles. The molecule has 0 spiro atoms. The zero-order valence-electron chi connectivity index (χ0n) is 10.2. The third kappa shape index (κ3) is 1.89. The summed E-state index contributed by atoms with van der Waals surface area (Å²) >= 11 is 4.95. The Kier molecular flexibility index (Phi) is 3.18. The highest BCUT2D eigenvalue weighted by Crippen LogP contribution is 2.31. The van der Waals surface area contributed by atoms with E-state index in [2.05, 4.69) is 15.0 Å². The van der Waals surface area contributed by atoms with E-state index in [1.807, 2.05) is 0 Å². The molecular weight excluding hydrogens is 286 g/mol. The number of nitrogens with two attached hydrogens (primary N) is 1. The Labute approximate surface area is 117 Å². The topological polar surface area (TPSA) is 142 Å². The maximum Gasteiger partial charge on any atom is 0.200 e. The van der Waals surface area contributed by atoms with E-state index in [9.17, 15) is 10.2 Å². The number of aromatic nitrogens is 4. The van der Waals surface area contributed by atoms with Crippen LogP contribution >= 0.6 is 12.2 Å². The Morgan fingerprint density at radius 3 is 2.85 bits per heavy atom. The Bertz CT molecular complexity index is 701. The van der Waals surface area contributed by atoms with Crippen LogP contribution in [0.5, 0.6) is 0 Å². The third-order valence-electron chi connectivity index (χ3n) is 3.26. The second-order valence-electron chi connectivity index (χ2n) is 4.51. The summed E-state index contributed by atoms with van der Waals surface area (Å²) < 4.78 is 7.01. The number of ether oxygens (including phenoxy) is 1. The maximum atomic E-state index is 10.0. The van der Waals surface area contributed by atoms with Gasteiger partial charge < -0.3 is 30.8 Å². The summed E-state index contributed by atoms with van der Waals surface area (Å²) in [5.74, 6) is 0.255. The summed E-state index contributed by atoms with van der Waals surface area (Å²) in [6, 6.07) is 0. The van der Waals surface area contributed by atoms with Crippen molar-refractivity contribution >= 4 is 29.2 Å². The van der Waals surface area contributed by atoms with Crippen LogP contribution in [0.25, 0.3) is 11.2 Å². The van der Waals surface area contributed by atoms with E-state index in [-0.39, 0.29) is 10.6 Å². The Morgan fingerprint density at radius 1 is 1.45 bits per heavy atom. The lowest BCUT2D eigenvalue weighted by molar-refractivity contribution is -0.0511. The molecule has 0 aromatic carbocycles. The van der Waals surface area contributed by atoms with Crippen molar-refractivity contribution in [2.75, 3.05) is 12.3 Å². The fraction of sp³-hybridized carbons (Fsp3) is 0.500. The zero-order chi connectivity index (χ0) is 14.4. The van der Waals surface area contributed by atoms with Crippen molar-refractivity contribution in [3.8, 4) is 0 Å². The minimum absolute atomic E-state index is 0.170. The number of imidazole rings is 1. The van der Waals surface area contributed by atoms with Gasteiger partial charge in [0.15, 0.2) is 16.6 Å². The lowest BCUT2D eigenvalue weighted by Gasteiger charge is -2.16. The van der Waals surface area contributed by atoms with Crippen LogP contribution in [0.1, 0.15) is 6.23 Å². The number of aromatic amines is 1. The lowest BCUT2D eigenvalue weighted by Crippen LogP contribution is -2.33. The van der Waals surface area contributed by atoms with Gasteiger partial charge in [-0.2, -0.15) is 4.98 Å².